The van der Waals surface area contributed by atoms with E-state index in [9.17, 15) is 0 Å². The van der Waals surface area contributed by atoms with Gasteiger partial charge >= 0.3 is 0 Å². The molecule has 0 bridgehead atoms. The first-order valence-electron chi connectivity index (χ1n) is 5.52. The predicted octanol–water partition coefficient (Wildman–Crippen LogP) is 1.60. The van der Waals surface area contributed by atoms with Gasteiger partial charge < -0.3 is 10.3 Å². The number of aromatic nitrogens is 1. The minimum Gasteiger partial charge on any atom is -0.357 e. The molecule has 1 fully saturated rings. The van der Waals surface area contributed by atoms with Crippen LogP contribution in [-0.2, 0) is 0 Å². The minimum atomic E-state index is 0.724. The highest BCUT2D eigenvalue weighted by Gasteiger charge is 2.24. The summed E-state index contributed by atoms with van der Waals surface area (Å²) in [5, 5.41) is 0. The van der Waals surface area contributed by atoms with Gasteiger partial charge in [-0.3, -0.25) is 0 Å². The highest BCUT2D eigenvalue weighted by molar-refractivity contribution is 5.46. The van der Waals surface area contributed by atoms with Crippen molar-refractivity contribution < 1.29 is 0 Å². The molecule has 15 heavy (non-hydrogen) atoms. The van der Waals surface area contributed by atoms with Crippen molar-refractivity contribution in [3.05, 3.63) is 18.2 Å². The molecular weight excluding hydrogens is 188 g/mol. The molecule has 0 radical (unpaired) electrons. The Hall–Kier alpha value is -1.29. The van der Waals surface area contributed by atoms with Gasteiger partial charge in [0, 0.05) is 13.1 Å². The van der Waals surface area contributed by atoms with Crippen molar-refractivity contribution in [1.82, 2.24) is 4.98 Å². The summed E-state index contributed by atoms with van der Waals surface area (Å²) in [4.78, 5) is 6.74. The summed E-state index contributed by atoms with van der Waals surface area (Å²) in [5.74, 6) is 7.96. The maximum Gasteiger partial charge on any atom is 0.142 e. The lowest BCUT2D eigenvalue weighted by molar-refractivity contribution is 0.732. The van der Waals surface area contributed by atoms with E-state index in [4.69, 9.17) is 5.84 Å². The number of pyridine rings is 1. The van der Waals surface area contributed by atoms with Crippen LogP contribution in [0.2, 0.25) is 0 Å². The van der Waals surface area contributed by atoms with Crippen molar-refractivity contribution in [2.45, 2.75) is 19.8 Å². The van der Waals surface area contributed by atoms with E-state index in [0.29, 0.717) is 0 Å². The van der Waals surface area contributed by atoms with E-state index >= 15 is 0 Å². The van der Waals surface area contributed by atoms with Crippen LogP contribution in [0.25, 0.3) is 0 Å². The average molecular weight is 206 g/mol. The van der Waals surface area contributed by atoms with E-state index < -0.39 is 0 Å². The molecule has 4 nitrogen and oxygen atoms in total. The van der Waals surface area contributed by atoms with Gasteiger partial charge in [0.25, 0.3) is 0 Å². The molecule has 0 saturated heterocycles. The zero-order chi connectivity index (χ0) is 10.7. The molecule has 0 atom stereocenters. The van der Waals surface area contributed by atoms with Gasteiger partial charge in [-0.2, -0.15) is 0 Å². The van der Waals surface area contributed by atoms with Crippen LogP contribution in [-0.4, -0.2) is 18.1 Å². The van der Waals surface area contributed by atoms with Gasteiger partial charge in [0.15, 0.2) is 0 Å². The Morgan fingerprint density at radius 3 is 2.93 bits per heavy atom. The van der Waals surface area contributed by atoms with Crippen LogP contribution in [0.3, 0.4) is 0 Å². The number of nitrogen functional groups attached to an aromatic ring is 1. The third-order valence-electron chi connectivity index (χ3n) is 2.76. The highest BCUT2D eigenvalue weighted by atomic mass is 15.3. The lowest BCUT2D eigenvalue weighted by Gasteiger charge is -2.22. The second kappa shape index (κ2) is 4.49. The van der Waals surface area contributed by atoms with Gasteiger partial charge in [-0.15, -0.1) is 0 Å². The van der Waals surface area contributed by atoms with Gasteiger partial charge in [-0.1, -0.05) is 6.07 Å². The predicted molar refractivity (Wildman–Crippen MR) is 62.7 cm³/mol. The van der Waals surface area contributed by atoms with Gasteiger partial charge in [0.1, 0.15) is 11.6 Å². The van der Waals surface area contributed by atoms with Crippen LogP contribution >= 0.6 is 0 Å². The third kappa shape index (κ3) is 2.59. The van der Waals surface area contributed by atoms with Gasteiger partial charge in [-0.05, 0) is 37.8 Å². The normalized spacial score (nSPS) is 15.1. The van der Waals surface area contributed by atoms with E-state index in [-0.39, 0.29) is 0 Å². The van der Waals surface area contributed by atoms with E-state index in [1.54, 1.807) is 0 Å². The van der Waals surface area contributed by atoms with Crippen LogP contribution in [0.15, 0.2) is 18.2 Å². The highest BCUT2D eigenvalue weighted by Crippen LogP contribution is 2.31. The van der Waals surface area contributed by atoms with Crippen molar-refractivity contribution in [1.29, 1.82) is 0 Å². The summed E-state index contributed by atoms with van der Waals surface area (Å²) in [6, 6.07) is 5.88. The molecule has 1 aromatic heterocycles. The molecule has 3 N–H and O–H groups in total. The second-order valence-electron chi connectivity index (χ2n) is 4.01. The first-order chi connectivity index (χ1) is 7.33. The summed E-state index contributed by atoms with van der Waals surface area (Å²) in [5.41, 5.74) is 2.58. The standard InChI is InChI=1S/C11H18N4/c1-2-15(8-9-6-7-9)11-5-3-4-10(13-11)14-12/h3-5,9H,2,6-8,12H2,1H3,(H,13,14). The SMILES string of the molecule is CCN(CC1CC1)c1cccc(NN)n1. The zero-order valence-electron chi connectivity index (χ0n) is 9.11. The Bertz CT molecular complexity index is 322. The van der Waals surface area contributed by atoms with Gasteiger partial charge in [0.05, 0.1) is 0 Å². The number of nitrogens with zero attached hydrogens (tertiary/aromatic N) is 2. The third-order valence-corrected chi connectivity index (χ3v) is 2.76. The topological polar surface area (TPSA) is 54.2 Å². The van der Waals surface area contributed by atoms with Crippen molar-refractivity contribution in [2.24, 2.45) is 11.8 Å². The van der Waals surface area contributed by atoms with Crippen LogP contribution in [0.1, 0.15) is 19.8 Å². The summed E-state index contributed by atoms with van der Waals surface area (Å²) in [7, 11) is 0. The van der Waals surface area contributed by atoms with Crippen molar-refractivity contribution >= 4 is 11.6 Å². The summed E-state index contributed by atoms with van der Waals surface area (Å²) < 4.78 is 0. The lowest BCUT2D eigenvalue weighted by Crippen LogP contribution is -2.26. The summed E-state index contributed by atoms with van der Waals surface area (Å²) in [6.45, 7) is 4.28. The van der Waals surface area contributed by atoms with Crippen LogP contribution in [0, 0.1) is 5.92 Å². The summed E-state index contributed by atoms with van der Waals surface area (Å²) >= 11 is 0. The van der Waals surface area contributed by atoms with E-state index in [1.165, 1.54) is 12.8 Å². The number of anilines is 2. The van der Waals surface area contributed by atoms with Gasteiger partial charge in [-0.25, -0.2) is 10.8 Å². The molecule has 1 saturated carbocycles. The fourth-order valence-corrected chi connectivity index (χ4v) is 1.68. The van der Waals surface area contributed by atoms with Crippen molar-refractivity contribution in [3.8, 4) is 0 Å². The number of rotatable bonds is 5. The fraction of sp³-hybridized carbons (Fsp3) is 0.545. The smallest absolute Gasteiger partial charge is 0.142 e. The molecule has 0 aliphatic heterocycles. The Balaban J connectivity index is 2.09. The number of hydrazine groups is 1. The average Bonchev–Trinajstić information content (AvgIpc) is 3.10. The van der Waals surface area contributed by atoms with E-state index in [1.807, 2.05) is 18.2 Å². The molecule has 82 valence electrons. The molecule has 0 unspecified atom stereocenters. The summed E-state index contributed by atoms with van der Waals surface area (Å²) in [6.07, 6.45) is 2.73. The maximum atomic E-state index is 5.34. The fourth-order valence-electron chi connectivity index (χ4n) is 1.68. The molecule has 0 spiro atoms. The number of hydrogen-bond acceptors (Lipinski definition) is 4. The van der Waals surface area contributed by atoms with E-state index in [0.717, 1.165) is 30.6 Å². The Labute approximate surface area is 90.5 Å². The number of nitrogens with two attached hydrogens (primary N) is 1. The Morgan fingerprint density at radius 1 is 1.53 bits per heavy atom. The Morgan fingerprint density at radius 2 is 2.33 bits per heavy atom. The molecule has 1 aliphatic carbocycles. The largest absolute Gasteiger partial charge is 0.357 e. The monoisotopic (exact) mass is 206 g/mol. The second-order valence-corrected chi connectivity index (χ2v) is 4.01. The first-order valence-corrected chi connectivity index (χ1v) is 5.52. The van der Waals surface area contributed by atoms with Crippen LogP contribution < -0.4 is 16.2 Å². The first kappa shape index (κ1) is 10.2. The Kier molecular flexibility index (Phi) is 3.06. The molecule has 0 amide bonds. The maximum absolute atomic E-state index is 5.34. The molecule has 1 aromatic rings. The molecule has 0 aromatic carbocycles. The zero-order valence-corrected chi connectivity index (χ0v) is 9.11. The number of nitrogens with one attached hydrogen (secondary N) is 1. The van der Waals surface area contributed by atoms with Gasteiger partial charge in [0.2, 0.25) is 0 Å². The van der Waals surface area contributed by atoms with Crippen molar-refractivity contribution in [3.63, 3.8) is 0 Å². The van der Waals surface area contributed by atoms with E-state index in [2.05, 4.69) is 22.2 Å². The van der Waals surface area contributed by atoms with Crippen LogP contribution in [0.4, 0.5) is 11.6 Å². The lowest BCUT2D eigenvalue weighted by atomic mass is 10.3. The molecule has 4 heteroatoms. The molecular formula is C11H18N4. The molecule has 2 rings (SSSR count). The minimum absolute atomic E-state index is 0.724. The number of hydrogen-bond donors (Lipinski definition) is 2. The molecule has 1 heterocycles. The molecule has 1 aliphatic rings. The van der Waals surface area contributed by atoms with Crippen molar-refractivity contribution in [2.75, 3.05) is 23.4 Å². The quantitative estimate of drug-likeness (QED) is 0.567. The van der Waals surface area contributed by atoms with Crippen LogP contribution in [0.5, 0.6) is 0 Å².